The van der Waals surface area contributed by atoms with Crippen LogP contribution in [-0.2, 0) is 4.74 Å². The highest BCUT2D eigenvalue weighted by Gasteiger charge is 2.17. The van der Waals surface area contributed by atoms with E-state index in [2.05, 4.69) is 5.32 Å². The zero-order valence-corrected chi connectivity index (χ0v) is 12.2. The maximum absolute atomic E-state index is 11.6. The first-order valence-corrected chi connectivity index (χ1v) is 6.65. The first kappa shape index (κ1) is 15.1. The largest absolute Gasteiger partial charge is 0.444 e. The molecule has 3 nitrogen and oxygen atoms in total. The van der Waals surface area contributed by atoms with Gasteiger partial charge in [0.2, 0.25) is 0 Å². The number of aryl methyl sites for hydroxylation is 1. The number of benzene rings is 1. The molecule has 1 aromatic carbocycles. The van der Waals surface area contributed by atoms with Crippen molar-refractivity contribution in [2.75, 3.05) is 11.2 Å². The summed E-state index contributed by atoms with van der Waals surface area (Å²) in [5.74, 6) is 0.453. The molecule has 0 fully saturated rings. The molecule has 100 valence electrons. The molecule has 0 heterocycles. The van der Waals surface area contributed by atoms with E-state index in [0.717, 1.165) is 5.56 Å². The second kappa shape index (κ2) is 6.86. The van der Waals surface area contributed by atoms with Crippen LogP contribution in [0.25, 0.3) is 0 Å². The molecule has 0 aliphatic heterocycles. The van der Waals surface area contributed by atoms with Gasteiger partial charge in [-0.25, -0.2) is 4.79 Å². The molecule has 0 spiro atoms. The van der Waals surface area contributed by atoms with Gasteiger partial charge in [0.05, 0.1) is 5.88 Å². The van der Waals surface area contributed by atoms with Gasteiger partial charge < -0.3 is 4.74 Å². The van der Waals surface area contributed by atoms with Crippen molar-refractivity contribution in [3.8, 4) is 0 Å². The number of carbonyl (C=O) groups excluding carboxylic acids is 1. The third-order valence-corrected chi connectivity index (χ3v) is 3.28. The van der Waals surface area contributed by atoms with Gasteiger partial charge in [0.15, 0.2) is 0 Å². The van der Waals surface area contributed by atoms with Gasteiger partial charge in [-0.3, -0.25) is 5.32 Å². The molecular weight excluding hydrogens is 273 g/mol. The Bertz CT molecular complexity index is 421. The molecule has 0 saturated carbocycles. The zero-order chi connectivity index (χ0) is 13.7. The fourth-order valence-electron chi connectivity index (χ4n) is 1.30. The SMILES string of the molecule is Cc1ccc(NC(=O)OC(CCl)C(C)C)cc1Cl. The summed E-state index contributed by atoms with van der Waals surface area (Å²) in [7, 11) is 0. The van der Waals surface area contributed by atoms with E-state index < -0.39 is 6.09 Å². The number of anilines is 1. The average molecular weight is 290 g/mol. The molecule has 1 N–H and O–H groups in total. The maximum Gasteiger partial charge on any atom is 0.411 e. The number of rotatable bonds is 4. The number of hydrogen-bond acceptors (Lipinski definition) is 2. The van der Waals surface area contributed by atoms with E-state index in [1.165, 1.54) is 0 Å². The number of alkyl halides is 1. The highest BCUT2D eigenvalue weighted by atomic mass is 35.5. The van der Waals surface area contributed by atoms with E-state index in [1.54, 1.807) is 12.1 Å². The van der Waals surface area contributed by atoms with Gasteiger partial charge in [0.25, 0.3) is 0 Å². The van der Waals surface area contributed by atoms with Crippen LogP contribution in [0, 0.1) is 12.8 Å². The molecule has 0 aliphatic carbocycles. The van der Waals surface area contributed by atoms with Crippen LogP contribution >= 0.6 is 23.2 Å². The number of hydrogen-bond donors (Lipinski definition) is 1. The zero-order valence-electron chi connectivity index (χ0n) is 10.7. The normalized spacial score (nSPS) is 12.3. The van der Waals surface area contributed by atoms with E-state index >= 15 is 0 Å². The number of amides is 1. The van der Waals surface area contributed by atoms with Crippen LogP contribution in [-0.4, -0.2) is 18.1 Å². The van der Waals surface area contributed by atoms with Crippen molar-refractivity contribution in [1.82, 2.24) is 0 Å². The first-order chi connectivity index (χ1) is 8.43. The Morgan fingerprint density at radius 2 is 2.11 bits per heavy atom. The Hall–Kier alpha value is -0.930. The van der Waals surface area contributed by atoms with E-state index in [0.29, 0.717) is 10.7 Å². The second-order valence-electron chi connectivity index (χ2n) is 4.43. The van der Waals surface area contributed by atoms with Gasteiger partial charge in [-0.05, 0) is 30.5 Å². The Morgan fingerprint density at radius 3 is 2.61 bits per heavy atom. The monoisotopic (exact) mass is 289 g/mol. The van der Waals surface area contributed by atoms with E-state index in [4.69, 9.17) is 27.9 Å². The Kier molecular flexibility index (Phi) is 5.76. The summed E-state index contributed by atoms with van der Waals surface area (Å²) in [6.45, 7) is 5.79. The van der Waals surface area contributed by atoms with E-state index in [1.807, 2.05) is 26.8 Å². The van der Waals surface area contributed by atoms with Crippen LogP contribution in [0.2, 0.25) is 5.02 Å². The Labute approximate surface area is 117 Å². The molecule has 1 atom stereocenters. The minimum absolute atomic E-state index is 0.176. The van der Waals surface area contributed by atoms with Gasteiger partial charge in [-0.1, -0.05) is 31.5 Å². The minimum atomic E-state index is -0.519. The van der Waals surface area contributed by atoms with E-state index in [9.17, 15) is 4.79 Å². The molecule has 0 aromatic heterocycles. The number of carbonyl (C=O) groups is 1. The first-order valence-electron chi connectivity index (χ1n) is 5.73. The Balaban J connectivity index is 2.61. The summed E-state index contributed by atoms with van der Waals surface area (Å²) in [6.07, 6.45) is -0.818. The third kappa shape index (κ3) is 4.39. The Morgan fingerprint density at radius 1 is 1.44 bits per heavy atom. The van der Waals surface area contributed by atoms with Gasteiger partial charge in [-0.15, -0.1) is 11.6 Å². The molecule has 0 aliphatic rings. The lowest BCUT2D eigenvalue weighted by atomic mass is 10.1. The fraction of sp³-hybridized carbons (Fsp3) is 0.462. The lowest BCUT2D eigenvalue weighted by molar-refractivity contribution is 0.0960. The lowest BCUT2D eigenvalue weighted by Gasteiger charge is -2.19. The van der Waals surface area contributed by atoms with E-state index in [-0.39, 0.29) is 17.9 Å². The smallest absolute Gasteiger partial charge is 0.411 e. The molecule has 5 heteroatoms. The topological polar surface area (TPSA) is 38.3 Å². The summed E-state index contributed by atoms with van der Waals surface area (Å²) in [5, 5.41) is 3.23. The molecule has 1 amide bonds. The third-order valence-electron chi connectivity index (χ3n) is 2.57. The standard InChI is InChI=1S/C13H17Cl2NO2/c1-8(2)12(7-14)18-13(17)16-10-5-4-9(3)11(15)6-10/h4-6,8,12H,7H2,1-3H3,(H,16,17). The van der Waals surface area contributed by atoms with Gasteiger partial charge >= 0.3 is 6.09 Å². The van der Waals surface area contributed by atoms with Crippen LogP contribution in [0.5, 0.6) is 0 Å². The number of halogens is 2. The molecule has 18 heavy (non-hydrogen) atoms. The van der Waals surface area contributed by atoms with Crippen LogP contribution in [0.15, 0.2) is 18.2 Å². The van der Waals surface area contributed by atoms with Crippen LogP contribution < -0.4 is 5.32 Å². The lowest BCUT2D eigenvalue weighted by Crippen LogP contribution is -2.28. The van der Waals surface area contributed by atoms with Gasteiger partial charge in [-0.2, -0.15) is 0 Å². The number of ether oxygens (including phenoxy) is 1. The molecule has 0 saturated heterocycles. The minimum Gasteiger partial charge on any atom is -0.444 e. The summed E-state index contributed by atoms with van der Waals surface area (Å²) in [5.41, 5.74) is 1.56. The van der Waals surface area contributed by atoms with Crippen molar-refractivity contribution in [3.63, 3.8) is 0 Å². The number of nitrogens with one attached hydrogen (secondary N) is 1. The van der Waals surface area contributed by atoms with Crippen LogP contribution in [0.1, 0.15) is 19.4 Å². The van der Waals surface area contributed by atoms with Crippen LogP contribution in [0.3, 0.4) is 0 Å². The predicted octanol–water partition coefficient (Wildman–Crippen LogP) is 4.46. The molecule has 1 unspecified atom stereocenters. The summed E-state index contributed by atoms with van der Waals surface area (Å²) in [4.78, 5) is 11.6. The summed E-state index contributed by atoms with van der Waals surface area (Å²) >= 11 is 11.7. The summed E-state index contributed by atoms with van der Waals surface area (Å²) < 4.78 is 5.21. The van der Waals surface area contributed by atoms with Crippen molar-refractivity contribution >= 4 is 35.0 Å². The molecule has 1 aromatic rings. The van der Waals surface area contributed by atoms with Crippen molar-refractivity contribution in [2.24, 2.45) is 5.92 Å². The van der Waals surface area contributed by atoms with Crippen molar-refractivity contribution < 1.29 is 9.53 Å². The highest BCUT2D eigenvalue weighted by molar-refractivity contribution is 6.31. The highest BCUT2D eigenvalue weighted by Crippen LogP contribution is 2.20. The van der Waals surface area contributed by atoms with Crippen molar-refractivity contribution in [3.05, 3.63) is 28.8 Å². The molecule has 0 bridgehead atoms. The van der Waals surface area contributed by atoms with Crippen LogP contribution in [0.4, 0.5) is 10.5 Å². The predicted molar refractivity (Wildman–Crippen MR) is 75.6 cm³/mol. The average Bonchev–Trinajstić information content (AvgIpc) is 2.30. The summed E-state index contributed by atoms with van der Waals surface area (Å²) in [6, 6.07) is 5.29. The van der Waals surface area contributed by atoms with Gasteiger partial charge in [0, 0.05) is 10.7 Å². The molecule has 1 rings (SSSR count). The van der Waals surface area contributed by atoms with Crippen molar-refractivity contribution in [2.45, 2.75) is 26.9 Å². The second-order valence-corrected chi connectivity index (χ2v) is 5.15. The quantitative estimate of drug-likeness (QED) is 0.831. The molecular formula is C13H17Cl2NO2. The van der Waals surface area contributed by atoms with Crippen molar-refractivity contribution in [1.29, 1.82) is 0 Å². The molecule has 0 radical (unpaired) electrons. The fourth-order valence-corrected chi connectivity index (χ4v) is 1.90. The maximum atomic E-state index is 11.6. The van der Waals surface area contributed by atoms with Gasteiger partial charge in [0.1, 0.15) is 6.10 Å².